The molecule has 2 aromatic carbocycles. The highest BCUT2D eigenvalue weighted by Crippen LogP contribution is 2.20. The number of nitrogens with zero attached hydrogens (tertiary/aromatic N) is 1. The third-order valence-electron chi connectivity index (χ3n) is 4.34. The van der Waals surface area contributed by atoms with E-state index in [0.717, 1.165) is 5.56 Å². The molecule has 0 aromatic heterocycles. The lowest BCUT2D eigenvalue weighted by Gasteiger charge is -2.27. The highest BCUT2D eigenvalue weighted by molar-refractivity contribution is 6.05. The Morgan fingerprint density at radius 2 is 1.85 bits per heavy atom. The number of benzene rings is 2. The van der Waals surface area contributed by atoms with E-state index in [2.05, 4.69) is 5.32 Å². The first-order valence-corrected chi connectivity index (χ1v) is 8.51. The number of hydrogen-bond acceptors (Lipinski definition) is 4. The average molecular weight is 354 g/mol. The lowest BCUT2D eigenvalue weighted by molar-refractivity contribution is 0.0303. The number of amides is 2. The van der Waals surface area contributed by atoms with Gasteiger partial charge in [-0.25, -0.2) is 0 Å². The highest BCUT2D eigenvalue weighted by atomic mass is 16.5. The van der Waals surface area contributed by atoms with Gasteiger partial charge in [0, 0.05) is 29.9 Å². The average Bonchev–Trinajstić information content (AvgIpc) is 2.68. The molecule has 2 amide bonds. The minimum Gasteiger partial charge on any atom is -0.496 e. The van der Waals surface area contributed by atoms with Crippen molar-refractivity contribution >= 4 is 17.5 Å². The van der Waals surface area contributed by atoms with Crippen molar-refractivity contribution in [2.45, 2.75) is 6.92 Å². The van der Waals surface area contributed by atoms with Crippen molar-refractivity contribution in [2.24, 2.45) is 0 Å². The van der Waals surface area contributed by atoms with E-state index in [9.17, 15) is 9.59 Å². The number of carbonyl (C=O) groups is 2. The maximum absolute atomic E-state index is 12.6. The summed E-state index contributed by atoms with van der Waals surface area (Å²) in [6.07, 6.45) is 0. The van der Waals surface area contributed by atoms with Gasteiger partial charge in [0.05, 0.1) is 20.3 Å². The van der Waals surface area contributed by atoms with Crippen molar-refractivity contribution in [2.75, 3.05) is 38.7 Å². The number of morpholine rings is 1. The van der Waals surface area contributed by atoms with Crippen molar-refractivity contribution in [3.05, 3.63) is 59.2 Å². The maximum Gasteiger partial charge on any atom is 0.255 e. The highest BCUT2D eigenvalue weighted by Gasteiger charge is 2.19. The van der Waals surface area contributed by atoms with Crippen LogP contribution in [0.5, 0.6) is 5.75 Å². The lowest BCUT2D eigenvalue weighted by atomic mass is 10.1. The fourth-order valence-corrected chi connectivity index (χ4v) is 2.84. The number of methoxy groups -OCH3 is 1. The quantitative estimate of drug-likeness (QED) is 0.917. The largest absolute Gasteiger partial charge is 0.496 e. The molecule has 0 bridgehead atoms. The first kappa shape index (κ1) is 17.9. The molecule has 0 aliphatic carbocycles. The summed E-state index contributed by atoms with van der Waals surface area (Å²) in [5.41, 5.74) is 2.58. The van der Waals surface area contributed by atoms with Crippen LogP contribution >= 0.6 is 0 Å². The first-order valence-electron chi connectivity index (χ1n) is 8.51. The number of aryl methyl sites for hydroxylation is 1. The monoisotopic (exact) mass is 354 g/mol. The van der Waals surface area contributed by atoms with E-state index in [1.54, 1.807) is 48.4 Å². The molecule has 1 fully saturated rings. The summed E-state index contributed by atoms with van der Waals surface area (Å²) in [6.45, 7) is 4.19. The minimum atomic E-state index is -0.251. The van der Waals surface area contributed by atoms with E-state index in [0.29, 0.717) is 48.9 Å². The van der Waals surface area contributed by atoms with E-state index in [1.165, 1.54) is 0 Å². The Balaban J connectivity index is 1.74. The molecule has 3 rings (SSSR count). The van der Waals surface area contributed by atoms with Crippen molar-refractivity contribution in [1.82, 2.24) is 4.90 Å². The molecule has 0 spiro atoms. The van der Waals surface area contributed by atoms with Gasteiger partial charge in [-0.2, -0.15) is 0 Å². The first-order chi connectivity index (χ1) is 12.6. The lowest BCUT2D eigenvalue weighted by Crippen LogP contribution is -2.40. The molecule has 136 valence electrons. The van der Waals surface area contributed by atoms with Crippen molar-refractivity contribution in [1.29, 1.82) is 0 Å². The molecule has 0 unspecified atom stereocenters. The van der Waals surface area contributed by atoms with Crippen LogP contribution in [0.15, 0.2) is 42.5 Å². The van der Waals surface area contributed by atoms with Crippen LogP contribution in [-0.2, 0) is 4.74 Å². The molecule has 6 heteroatoms. The van der Waals surface area contributed by atoms with Gasteiger partial charge in [-0.05, 0) is 42.8 Å². The standard InChI is InChI=1S/C20H22N2O4/c1-14-6-7-15(13-18(14)25-2)19(23)21-17-5-3-4-16(12-17)20(24)22-8-10-26-11-9-22/h3-7,12-13H,8-11H2,1-2H3,(H,21,23). The van der Waals surface area contributed by atoms with Gasteiger partial charge in [-0.15, -0.1) is 0 Å². The Labute approximate surface area is 152 Å². The minimum absolute atomic E-state index is 0.0543. The summed E-state index contributed by atoms with van der Waals surface area (Å²) in [7, 11) is 1.57. The second-order valence-electron chi connectivity index (χ2n) is 6.12. The molecule has 26 heavy (non-hydrogen) atoms. The van der Waals surface area contributed by atoms with Crippen LogP contribution in [0.4, 0.5) is 5.69 Å². The third kappa shape index (κ3) is 4.03. The van der Waals surface area contributed by atoms with Gasteiger partial charge in [0.25, 0.3) is 11.8 Å². The van der Waals surface area contributed by atoms with Gasteiger partial charge in [0.15, 0.2) is 0 Å². The summed E-state index contributed by atoms with van der Waals surface area (Å²) in [5, 5.41) is 2.84. The summed E-state index contributed by atoms with van der Waals surface area (Å²) in [5.74, 6) is 0.356. The van der Waals surface area contributed by atoms with Crippen LogP contribution in [0.1, 0.15) is 26.3 Å². The molecule has 0 saturated carbocycles. The topological polar surface area (TPSA) is 67.9 Å². The van der Waals surface area contributed by atoms with Crippen LogP contribution in [0.2, 0.25) is 0 Å². The number of nitrogens with one attached hydrogen (secondary N) is 1. The SMILES string of the molecule is COc1cc(C(=O)Nc2cccc(C(=O)N3CCOCC3)c2)ccc1C. The van der Waals surface area contributed by atoms with Gasteiger partial charge in [-0.1, -0.05) is 12.1 Å². The number of rotatable bonds is 4. The Morgan fingerprint density at radius 3 is 2.58 bits per heavy atom. The Kier molecular flexibility index (Phi) is 5.53. The molecule has 1 saturated heterocycles. The molecule has 1 N–H and O–H groups in total. The Hall–Kier alpha value is -2.86. The van der Waals surface area contributed by atoms with Gasteiger partial charge < -0.3 is 19.7 Å². The fraction of sp³-hybridized carbons (Fsp3) is 0.300. The van der Waals surface area contributed by atoms with Crippen LogP contribution < -0.4 is 10.1 Å². The van der Waals surface area contributed by atoms with Crippen LogP contribution in [-0.4, -0.2) is 50.1 Å². The second kappa shape index (κ2) is 8.01. The molecule has 2 aromatic rings. The molecule has 1 heterocycles. The van der Waals surface area contributed by atoms with Crippen molar-refractivity contribution < 1.29 is 19.1 Å². The van der Waals surface area contributed by atoms with Gasteiger partial charge in [-0.3, -0.25) is 9.59 Å². The van der Waals surface area contributed by atoms with Crippen LogP contribution in [0.25, 0.3) is 0 Å². The molecule has 1 aliphatic heterocycles. The van der Waals surface area contributed by atoms with Crippen molar-refractivity contribution in [3.8, 4) is 5.75 Å². The van der Waals surface area contributed by atoms with Gasteiger partial charge in [0.1, 0.15) is 5.75 Å². The molecular formula is C20H22N2O4. The smallest absolute Gasteiger partial charge is 0.255 e. The van der Waals surface area contributed by atoms with E-state index in [1.807, 2.05) is 13.0 Å². The fourth-order valence-electron chi connectivity index (χ4n) is 2.84. The van der Waals surface area contributed by atoms with E-state index in [4.69, 9.17) is 9.47 Å². The zero-order chi connectivity index (χ0) is 18.5. The summed E-state index contributed by atoms with van der Waals surface area (Å²) in [6, 6.07) is 12.3. The molecule has 0 atom stereocenters. The zero-order valence-electron chi connectivity index (χ0n) is 15.0. The Bertz CT molecular complexity index is 813. The summed E-state index contributed by atoms with van der Waals surface area (Å²) >= 11 is 0. The number of ether oxygens (including phenoxy) is 2. The van der Waals surface area contributed by atoms with Crippen LogP contribution in [0, 0.1) is 6.92 Å². The normalized spacial score (nSPS) is 14.0. The second-order valence-corrected chi connectivity index (χ2v) is 6.12. The van der Waals surface area contributed by atoms with E-state index >= 15 is 0 Å². The molecular weight excluding hydrogens is 332 g/mol. The molecule has 6 nitrogen and oxygen atoms in total. The predicted octanol–water partition coefficient (Wildman–Crippen LogP) is 2.73. The number of anilines is 1. The van der Waals surface area contributed by atoms with E-state index < -0.39 is 0 Å². The molecule has 1 aliphatic rings. The number of carbonyl (C=O) groups excluding carboxylic acids is 2. The van der Waals surface area contributed by atoms with Gasteiger partial charge >= 0.3 is 0 Å². The maximum atomic E-state index is 12.6. The summed E-state index contributed by atoms with van der Waals surface area (Å²) < 4.78 is 10.5. The number of hydrogen-bond donors (Lipinski definition) is 1. The third-order valence-corrected chi connectivity index (χ3v) is 4.34. The summed E-state index contributed by atoms with van der Waals surface area (Å²) in [4.78, 5) is 26.8. The molecule has 0 radical (unpaired) electrons. The van der Waals surface area contributed by atoms with Crippen molar-refractivity contribution in [3.63, 3.8) is 0 Å². The predicted molar refractivity (Wildman–Crippen MR) is 98.8 cm³/mol. The Morgan fingerprint density at radius 1 is 1.08 bits per heavy atom. The van der Waals surface area contributed by atoms with Gasteiger partial charge in [0.2, 0.25) is 0 Å². The zero-order valence-corrected chi connectivity index (χ0v) is 15.0. The van der Waals surface area contributed by atoms with E-state index in [-0.39, 0.29) is 11.8 Å². The van der Waals surface area contributed by atoms with Crippen LogP contribution in [0.3, 0.4) is 0 Å².